The molecule has 0 spiro atoms. The number of nitrogens with zero attached hydrogens (tertiary/aromatic N) is 4. The predicted octanol–water partition coefficient (Wildman–Crippen LogP) is 9.91. The fourth-order valence-electron chi connectivity index (χ4n) is 22.5. The Morgan fingerprint density at radius 3 is 1.34 bits per heavy atom. The van der Waals surface area contributed by atoms with Crippen LogP contribution in [0.5, 0.6) is 28.7 Å². The smallest absolute Gasteiger partial charge is 0.379 e. The number of benzene rings is 7. The highest BCUT2D eigenvalue weighted by Gasteiger charge is 2.66. The van der Waals surface area contributed by atoms with E-state index in [1.54, 1.807) is 75.4 Å². The Balaban J connectivity index is 0.633. The van der Waals surface area contributed by atoms with Crippen molar-refractivity contribution in [2.75, 3.05) is 86.5 Å². The van der Waals surface area contributed by atoms with E-state index in [1.165, 1.54) is 111 Å². The Morgan fingerprint density at radius 1 is 0.492 bits per heavy atom. The number of anilines is 2. The zero-order valence-corrected chi connectivity index (χ0v) is 71.3. The van der Waals surface area contributed by atoms with Crippen molar-refractivity contribution in [3.8, 4) is 39.9 Å². The van der Waals surface area contributed by atoms with Crippen LogP contribution in [0.25, 0.3) is 43.8 Å². The topological polar surface area (TPSA) is 456 Å². The maximum absolute atomic E-state index is 15.1. The van der Waals surface area contributed by atoms with Gasteiger partial charge in [0, 0.05) is 80.2 Å². The average Bonchev–Trinajstić information content (AvgIpc) is 0.699. The predicted molar refractivity (Wildman–Crippen MR) is 464 cm³/mol. The third kappa shape index (κ3) is 13.5. The first-order valence-electron chi connectivity index (χ1n) is 42.2. The minimum atomic E-state index is -2.91. The number of hydrogen-bond donors (Lipinski definition) is 8. The molecule has 8 unspecified atom stereocenters. The van der Waals surface area contributed by atoms with Crippen molar-refractivity contribution in [1.82, 2.24) is 9.80 Å². The lowest BCUT2D eigenvalue weighted by molar-refractivity contribution is -0.149. The van der Waals surface area contributed by atoms with Gasteiger partial charge in [-0.3, -0.25) is 48.2 Å². The van der Waals surface area contributed by atoms with E-state index in [4.69, 9.17) is 48.7 Å². The van der Waals surface area contributed by atoms with E-state index < -0.39 is 187 Å². The lowest BCUT2D eigenvalue weighted by Crippen LogP contribution is -2.63. The number of primary amides is 2. The van der Waals surface area contributed by atoms with Crippen LogP contribution in [0, 0.1) is 41.4 Å². The summed E-state index contributed by atoms with van der Waals surface area (Å²) in [6.45, 7) is -1.13. The van der Waals surface area contributed by atoms with Crippen LogP contribution >= 0.6 is 0 Å². The second-order valence-electron chi connectivity index (χ2n) is 36.1. The molecule has 8 atom stereocenters. The normalized spacial score (nSPS) is 25.2. The van der Waals surface area contributed by atoms with E-state index in [9.17, 15) is 73.8 Å². The van der Waals surface area contributed by atoms with Gasteiger partial charge < -0.3 is 89.2 Å². The van der Waals surface area contributed by atoms with Crippen molar-refractivity contribution in [2.45, 2.75) is 99.0 Å². The van der Waals surface area contributed by atoms with Crippen LogP contribution in [0.3, 0.4) is 0 Å². The highest BCUT2D eigenvalue weighted by Crippen LogP contribution is 2.63. The number of nitrogens with two attached hydrogens (primary N) is 2. The van der Waals surface area contributed by atoms with E-state index >= 15 is 9.59 Å². The largest absolute Gasteiger partial charge is 0.510 e. The molecule has 19 rings (SSSR count). The maximum Gasteiger partial charge on any atom is 0.379 e. The van der Waals surface area contributed by atoms with E-state index in [1.807, 2.05) is 12.1 Å². The monoisotopic (exact) mass is 1740 g/mol. The number of aliphatic hydroxyl groups excluding tert-OH is 4. The second-order valence-corrected chi connectivity index (χ2v) is 36.1. The SMILES string of the molecule is COc1ccc(-c2ccc3cc(C(=O)OC(COc4cccc5oc(C(=O)Oc6ccc(N(C)C)c7c6C(=O)C6=C(O)C8(O)C(=O)C(C(N)=O)=C(O)C(N(C)C)C8CC6C7)cc(=O)c45)COc4cccc5oc(C(=O)Oc6ccc(N(C)C)c7c6C(=O)C6=C(O)C8(O)C(=O)C(C(N)=O)=C(O)C(N(C)C)C8CC6C7)cc(=O)c45)ccc3c2)cc1C12CC3CC(CC(C3)C1)C2. The Kier molecular flexibility index (Phi) is 20.9. The van der Waals surface area contributed by atoms with E-state index in [0.29, 0.717) is 45.6 Å². The van der Waals surface area contributed by atoms with Gasteiger partial charge in [-0.1, -0.05) is 36.4 Å². The number of carbonyl (C=O) groups is 9. The number of Topliss-reactive ketones (excluding diaryl/α,β-unsaturated/α-hetero) is 4. The van der Waals surface area contributed by atoms with E-state index in [-0.39, 0.29) is 92.7 Å². The number of hydrogen-bond acceptors (Lipinski definition) is 29. The summed E-state index contributed by atoms with van der Waals surface area (Å²) in [6, 6.07) is 31.0. The maximum atomic E-state index is 15.1. The Morgan fingerprint density at radius 2 is 0.914 bits per heavy atom. The summed E-state index contributed by atoms with van der Waals surface area (Å²) < 4.78 is 49.1. The van der Waals surface area contributed by atoms with Gasteiger partial charge in [0.2, 0.25) is 23.1 Å². The summed E-state index contributed by atoms with van der Waals surface area (Å²) in [5, 5.41) is 72.6. The number of amides is 2. The molecule has 10 aliphatic rings. The number of aliphatic hydroxyl groups is 6. The quantitative estimate of drug-likeness (QED) is 0.0188. The molecule has 0 radical (unpaired) electrons. The number of esters is 3. The first-order valence-corrected chi connectivity index (χ1v) is 42.2. The molecule has 2 amide bonds. The molecule has 128 heavy (non-hydrogen) atoms. The first-order chi connectivity index (χ1) is 60.9. The van der Waals surface area contributed by atoms with Crippen molar-refractivity contribution in [3.05, 3.63) is 238 Å². The van der Waals surface area contributed by atoms with Gasteiger partial charge in [0.05, 0.1) is 35.9 Å². The first kappa shape index (κ1) is 85.1. The minimum Gasteiger partial charge on any atom is -0.510 e. The third-order valence-corrected chi connectivity index (χ3v) is 27.7. The summed E-state index contributed by atoms with van der Waals surface area (Å²) in [5.41, 5.74) is 5.16. The molecular weight excluding hydrogens is 1650 g/mol. The minimum absolute atomic E-state index is 0.0212. The lowest BCUT2D eigenvalue weighted by Gasteiger charge is -2.57. The summed E-state index contributed by atoms with van der Waals surface area (Å²) in [5.74, 6) is -18.0. The molecule has 0 aliphatic heterocycles. The molecule has 4 saturated carbocycles. The molecule has 31 heteroatoms. The van der Waals surface area contributed by atoms with Crippen molar-refractivity contribution < 1.29 is 111 Å². The standard InChI is InChI=1S/C97H92N6O25/c1-100(2)59-21-24-68(74-54(59)31-51-34-57-80(102(5)6)84(108)78(90(98)114)88(112)96(57,119)86(110)72(51)82(74)106)127-93(117)70-36-61(104)76-64(12-10-14-66(76)125-70)122-41-53(124-92(116)50-19-18-46-29-47(16-17-48(46)30-50)49-20-23-63(121-9)56(33-49)95-38-43-26-44(39-95)28-45(27-43)40-95)42-123-65-13-11-15-67-77(65)62(105)37-71(126-67)94(118)128-69-25-22-60(101(3)4)55-32-52-35-58-81(103(7)8)85(109)79(91(99)115)89(113)97(58,120)87(111)73(52)83(107)75(55)69/h10-25,29-30,33,36-37,43-45,51-53,57-58,80-81,108-111,119-120H,26-28,31-32,34-35,38-42H2,1-9H3,(H2,98,114)(H2,99,115). The third-order valence-electron chi connectivity index (χ3n) is 27.7. The molecule has 10 aliphatic carbocycles. The highest BCUT2D eigenvalue weighted by molar-refractivity contribution is 6.26. The molecule has 2 aromatic heterocycles. The zero-order valence-electron chi connectivity index (χ0n) is 71.3. The molecule has 0 saturated heterocycles. The van der Waals surface area contributed by atoms with Gasteiger partial charge in [0.25, 0.3) is 11.8 Å². The second kappa shape index (κ2) is 31.4. The number of likely N-dealkylation sites (N-methyl/N-ethyl adjacent to an activating group) is 2. The number of allylic oxidation sites excluding steroid dienone is 2. The molecular formula is C97H92N6O25. The molecule has 7 aromatic carbocycles. The number of ether oxygens (including phenoxy) is 6. The summed E-state index contributed by atoms with van der Waals surface area (Å²) in [6.07, 6.45) is 5.56. The molecule has 660 valence electrons. The Hall–Kier alpha value is -13.8. The van der Waals surface area contributed by atoms with Crippen molar-refractivity contribution in [1.29, 1.82) is 0 Å². The number of ketones is 4. The molecule has 4 bridgehead atoms. The van der Waals surface area contributed by atoms with Gasteiger partial charge in [-0.05, 0) is 239 Å². The molecule has 9 aromatic rings. The fraction of sp³-hybridized carbons (Fsp3) is 0.351. The van der Waals surface area contributed by atoms with Crippen LogP contribution in [-0.4, -0.2) is 199 Å². The number of fused-ring (bicyclic) bond motifs is 9. The fourth-order valence-corrected chi connectivity index (χ4v) is 22.5. The number of carbonyl (C=O) groups excluding carboxylic acids is 9. The van der Waals surface area contributed by atoms with Crippen LogP contribution in [-0.2, 0) is 42.2 Å². The van der Waals surface area contributed by atoms with Gasteiger partial charge in [-0.15, -0.1) is 0 Å². The van der Waals surface area contributed by atoms with Crippen LogP contribution in [0.15, 0.2) is 191 Å². The van der Waals surface area contributed by atoms with Gasteiger partial charge in [-0.25, -0.2) is 14.4 Å². The van der Waals surface area contributed by atoms with Crippen LogP contribution < -0.4 is 55.8 Å². The van der Waals surface area contributed by atoms with Gasteiger partial charge in [0.1, 0.15) is 98.1 Å². The van der Waals surface area contributed by atoms with E-state index in [2.05, 4.69) is 24.3 Å². The van der Waals surface area contributed by atoms with E-state index in [0.717, 1.165) is 53.7 Å². The van der Waals surface area contributed by atoms with Crippen LogP contribution in [0.2, 0.25) is 0 Å². The summed E-state index contributed by atoms with van der Waals surface area (Å²) in [4.78, 5) is 163. The average molecular weight is 1740 g/mol. The molecule has 2 heterocycles. The number of rotatable bonds is 21. The Labute approximate surface area is 730 Å². The molecule has 10 N–H and O–H groups in total. The lowest BCUT2D eigenvalue weighted by atomic mass is 9.48. The molecule has 4 fully saturated rings. The number of methoxy groups -OCH3 is 1. The Bertz CT molecular complexity index is 6350. The van der Waals surface area contributed by atoms with Gasteiger partial charge in [-0.2, -0.15) is 0 Å². The zero-order chi connectivity index (χ0) is 90.8. The summed E-state index contributed by atoms with van der Waals surface area (Å²) in [7, 11) is 14.7. The van der Waals surface area contributed by atoms with Crippen LogP contribution in [0.4, 0.5) is 11.4 Å². The molecule has 31 nitrogen and oxygen atoms in total. The van der Waals surface area contributed by atoms with Crippen molar-refractivity contribution >= 4 is 96.9 Å². The summed E-state index contributed by atoms with van der Waals surface area (Å²) >= 11 is 0. The van der Waals surface area contributed by atoms with Crippen molar-refractivity contribution in [2.24, 2.45) is 52.9 Å². The van der Waals surface area contributed by atoms with Crippen LogP contribution in [0.1, 0.15) is 120 Å². The van der Waals surface area contributed by atoms with Gasteiger partial charge in [0.15, 0.2) is 39.7 Å². The van der Waals surface area contributed by atoms with Gasteiger partial charge >= 0.3 is 17.9 Å². The highest BCUT2D eigenvalue weighted by atomic mass is 16.6. The van der Waals surface area contributed by atoms with Crippen molar-refractivity contribution in [3.63, 3.8) is 0 Å².